The molecule has 7 nitrogen and oxygen atoms in total. The first kappa shape index (κ1) is 21.2. The van der Waals surface area contributed by atoms with Crippen LogP contribution in [0.3, 0.4) is 0 Å². The minimum Gasteiger partial charge on any atom is -0.305 e. The lowest BCUT2D eigenvalue weighted by Crippen LogP contribution is -2.05. The molecule has 0 amide bonds. The molecule has 0 spiro atoms. The van der Waals surface area contributed by atoms with Crippen LogP contribution in [-0.2, 0) is 27.2 Å². The van der Waals surface area contributed by atoms with Gasteiger partial charge in [-0.15, -0.1) is 0 Å². The highest BCUT2D eigenvalue weighted by atomic mass is 31.2. The molecule has 0 bridgehead atoms. The molecule has 1 rings (SSSR count). The van der Waals surface area contributed by atoms with Gasteiger partial charge in [0.2, 0.25) is 0 Å². The first-order valence-electron chi connectivity index (χ1n) is 7.86. The van der Waals surface area contributed by atoms with Crippen LogP contribution in [0.15, 0.2) is 29.6 Å². The topological polar surface area (TPSA) is 84.0 Å². The maximum atomic E-state index is 13.2. The molecule has 0 aromatic carbocycles. The Morgan fingerprint density at radius 2 is 1.42 bits per heavy atom. The van der Waals surface area contributed by atoms with Crippen LogP contribution in [0.4, 0.5) is 0 Å². The van der Waals surface area contributed by atoms with Gasteiger partial charge in [0.25, 0.3) is 0 Å². The summed E-state index contributed by atoms with van der Waals surface area (Å²) in [5.74, 6) is 0. The Hall–Kier alpha value is -0.810. The first-order chi connectivity index (χ1) is 11.5. The summed E-state index contributed by atoms with van der Waals surface area (Å²) >= 11 is 0. The van der Waals surface area contributed by atoms with E-state index >= 15 is 0 Å². The van der Waals surface area contributed by atoms with Crippen molar-refractivity contribution in [3.8, 4) is 0 Å². The lowest BCUT2D eigenvalue weighted by Gasteiger charge is -2.25. The Kier molecular flexibility index (Phi) is 9.06. The summed E-state index contributed by atoms with van der Waals surface area (Å²) in [6.45, 7) is 7.22. The Labute approximate surface area is 143 Å². The van der Waals surface area contributed by atoms with Crippen molar-refractivity contribution in [2.24, 2.45) is 0 Å². The molecule has 0 unspecified atom stereocenters. The zero-order valence-electron chi connectivity index (χ0n) is 14.5. The average molecular weight is 377 g/mol. The van der Waals surface area contributed by atoms with Crippen molar-refractivity contribution in [3.05, 3.63) is 35.1 Å². The van der Waals surface area contributed by atoms with Crippen molar-refractivity contribution in [3.63, 3.8) is 0 Å². The second-order valence-electron chi connectivity index (χ2n) is 4.45. The second kappa shape index (κ2) is 10.2. The normalized spacial score (nSPS) is 12.2. The summed E-state index contributed by atoms with van der Waals surface area (Å²) in [5.41, 5.74) is 0.590. The van der Waals surface area contributed by atoms with E-state index in [2.05, 4.69) is 4.98 Å². The van der Waals surface area contributed by atoms with E-state index in [4.69, 9.17) is 18.1 Å². The van der Waals surface area contributed by atoms with Gasteiger partial charge in [0.05, 0.1) is 26.4 Å². The van der Waals surface area contributed by atoms with Gasteiger partial charge < -0.3 is 18.1 Å². The number of nitrogens with zero attached hydrogens (tertiary/aromatic N) is 1. The van der Waals surface area contributed by atoms with Gasteiger partial charge in [0, 0.05) is 12.4 Å². The quantitative estimate of drug-likeness (QED) is 0.507. The third kappa shape index (κ3) is 5.62. The minimum absolute atomic E-state index is 0.115. The van der Waals surface area contributed by atoms with E-state index in [1.165, 1.54) is 6.08 Å². The van der Waals surface area contributed by atoms with Crippen LogP contribution >= 0.6 is 15.2 Å². The molecule has 9 heteroatoms. The van der Waals surface area contributed by atoms with Gasteiger partial charge in [-0.25, -0.2) is 0 Å². The fraction of sp³-hybridized carbons (Fsp3) is 0.533. The molecule has 1 aromatic heterocycles. The average Bonchev–Trinajstić information content (AvgIpc) is 2.54. The summed E-state index contributed by atoms with van der Waals surface area (Å²) in [5, 5.41) is -0.115. The molecule has 0 saturated carbocycles. The van der Waals surface area contributed by atoms with Gasteiger partial charge in [0.1, 0.15) is 0 Å². The fourth-order valence-electron chi connectivity index (χ4n) is 1.94. The third-order valence-electron chi connectivity index (χ3n) is 2.74. The molecule has 0 aliphatic carbocycles. The van der Waals surface area contributed by atoms with Gasteiger partial charge >= 0.3 is 15.2 Å². The van der Waals surface area contributed by atoms with E-state index in [-0.39, 0.29) is 31.5 Å². The van der Waals surface area contributed by atoms with Crippen molar-refractivity contribution in [2.75, 3.05) is 26.4 Å². The first-order valence-corrected chi connectivity index (χ1v) is 10.9. The van der Waals surface area contributed by atoms with Crippen LogP contribution in [-0.4, -0.2) is 31.4 Å². The highest BCUT2D eigenvalue weighted by Crippen LogP contribution is 2.74. The van der Waals surface area contributed by atoms with E-state index in [9.17, 15) is 9.13 Å². The van der Waals surface area contributed by atoms with Crippen LogP contribution in [0, 0.1) is 0 Å². The highest BCUT2D eigenvalue weighted by Gasteiger charge is 2.45. The summed E-state index contributed by atoms with van der Waals surface area (Å²) in [4.78, 5) is 4.00. The van der Waals surface area contributed by atoms with Crippen LogP contribution in [0.1, 0.15) is 33.3 Å². The number of aromatic nitrogens is 1. The van der Waals surface area contributed by atoms with Crippen LogP contribution in [0.5, 0.6) is 0 Å². The van der Waals surface area contributed by atoms with E-state index < -0.39 is 15.2 Å². The molecule has 1 heterocycles. The predicted molar refractivity (Wildman–Crippen MR) is 93.9 cm³/mol. The maximum Gasteiger partial charge on any atom is 0.369 e. The van der Waals surface area contributed by atoms with Crippen LogP contribution in [0.25, 0.3) is 6.08 Å². The monoisotopic (exact) mass is 377 g/mol. The largest absolute Gasteiger partial charge is 0.369 e. The molecule has 0 atom stereocenters. The van der Waals surface area contributed by atoms with E-state index in [1.807, 2.05) is 0 Å². The summed E-state index contributed by atoms with van der Waals surface area (Å²) < 4.78 is 47.9. The van der Waals surface area contributed by atoms with Crippen molar-refractivity contribution < 1.29 is 27.2 Å². The summed E-state index contributed by atoms with van der Waals surface area (Å²) in [6.07, 6.45) is 4.60. The minimum atomic E-state index is -3.86. The van der Waals surface area contributed by atoms with Crippen molar-refractivity contribution in [1.82, 2.24) is 4.98 Å². The van der Waals surface area contributed by atoms with E-state index in [1.54, 1.807) is 52.2 Å². The Morgan fingerprint density at radius 1 is 0.958 bits per heavy atom. The molecule has 24 heavy (non-hydrogen) atoms. The SMILES string of the molecule is CCOP(=O)(OCC)C(=Cc1cccnc1)P(=O)(OCC)OCC. The molecule has 136 valence electrons. The molecule has 0 saturated heterocycles. The lowest BCUT2D eigenvalue weighted by atomic mass is 10.3. The molecular formula is C15H25NO6P2. The molecular weight excluding hydrogens is 352 g/mol. The van der Waals surface area contributed by atoms with Gasteiger partial charge in [-0.3, -0.25) is 14.1 Å². The zero-order chi connectivity index (χ0) is 18.1. The molecule has 0 N–H and O–H groups in total. The van der Waals surface area contributed by atoms with Crippen molar-refractivity contribution in [2.45, 2.75) is 27.7 Å². The predicted octanol–water partition coefficient (Wildman–Crippen LogP) is 4.91. The molecule has 0 radical (unpaired) electrons. The number of rotatable bonds is 11. The Bertz CT molecular complexity index is 568. The Morgan fingerprint density at radius 3 is 1.75 bits per heavy atom. The zero-order valence-corrected chi connectivity index (χ0v) is 16.3. The fourth-order valence-corrected chi connectivity index (χ4v) is 6.48. The molecule has 0 aliphatic rings. The van der Waals surface area contributed by atoms with Crippen LogP contribution in [0.2, 0.25) is 0 Å². The van der Waals surface area contributed by atoms with Crippen molar-refractivity contribution in [1.29, 1.82) is 0 Å². The number of hydrogen-bond donors (Lipinski definition) is 0. The van der Waals surface area contributed by atoms with Gasteiger partial charge in [-0.05, 0) is 45.4 Å². The smallest absolute Gasteiger partial charge is 0.305 e. The van der Waals surface area contributed by atoms with Gasteiger partial charge in [-0.2, -0.15) is 0 Å². The molecule has 1 aromatic rings. The van der Waals surface area contributed by atoms with Crippen LogP contribution < -0.4 is 0 Å². The van der Waals surface area contributed by atoms with Gasteiger partial charge in [0.15, 0.2) is 5.06 Å². The Balaban J connectivity index is 3.53. The maximum absolute atomic E-state index is 13.2. The number of hydrogen-bond acceptors (Lipinski definition) is 7. The highest BCUT2D eigenvalue weighted by molar-refractivity contribution is 7.79. The van der Waals surface area contributed by atoms with Crippen molar-refractivity contribution >= 4 is 21.3 Å². The number of pyridine rings is 1. The molecule has 0 fully saturated rings. The van der Waals surface area contributed by atoms with Gasteiger partial charge in [-0.1, -0.05) is 6.07 Å². The van der Waals surface area contributed by atoms with E-state index in [0.29, 0.717) is 5.56 Å². The third-order valence-corrected chi connectivity index (χ3v) is 7.98. The van der Waals surface area contributed by atoms with E-state index in [0.717, 1.165) is 0 Å². The molecule has 0 aliphatic heterocycles. The lowest BCUT2D eigenvalue weighted by molar-refractivity contribution is 0.214. The second-order valence-corrected chi connectivity index (χ2v) is 8.79. The standard InChI is InChI=1S/C15H25NO6P2/c1-5-19-23(17,20-6-2)15(12-14-10-9-11-16-13-14)24(18,21-7-3)22-8-4/h9-13H,5-8H2,1-4H3. The summed E-state index contributed by atoms with van der Waals surface area (Å²) in [6, 6.07) is 3.44. The summed E-state index contributed by atoms with van der Waals surface area (Å²) in [7, 11) is -7.71.